The second kappa shape index (κ2) is 7.05. The predicted octanol–water partition coefficient (Wildman–Crippen LogP) is 4.96. The molecule has 0 atom stereocenters. The number of rotatable bonds is 4. The predicted molar refractivity (Wildman–Crippen MR) is 95.5 cm³/mol. The van der Waals surface area contributed by atoms with Crippen molar-refractivity contribution in [1.82, 2.24) is 0 Å². The molecule has 0 saturated heterocycles. The van der Waals surface area contributed by atoms with Crippen molar-refractivity contribution in [3.8, 4) is 5.75 Å². The molecule has 23 heavy (non-hydrogen) atoms. The Morgan fingerprint density at radius 3 is 2.35 bits per heavy atom. The molecule has 0 saturated carbocycles. The third-order valence-electron chi connectivity index (χ3n) is 3.53. The molecule has 0 unspecified atom stereocenters. The number of carbonyl (C=O) groups excluding carboxylic acids is 1. The fourth-order valence-corrected chi connectivity index (χ4v) is 2.28. The lowest BCUT2D eigenvalue weighted by Gasteiger charge is -2.20. The van der Waals surface area contributed by atoms with Crippen LogP contribution in [0.2, 0.25) is 5.02 Å². The van der Waals surface area contributed by atoms with Crippen molar-refractivity contribution in [2.24, 2.45) is 0 Å². The van der Waals surface area contributed by atoms with E-state index in [2.05, 4.69) is 32.2 Å². The van der Waals surface area contributed by atoms with E-state index in [1.54, 1.807) is 24.3 Å². The van der Waals surface area contributed by atoms with E-state index < -0.39 is 0 Å². The minimum absolute atomic E-state index is 0.0294. The van der Waals surface area contributed by atoms with Crippen LogP contribution in [-0.2, 0) is 10.2 Å². The molecule has 2 aromatic carbocycles. The number of benzene rings is 2. The van der Waals surface area contributed by atoms with Gasteiger partial charge in [-0.3, -0.25) is 4.79 Å². The number of nitrogens with one attached hydrogen (secondary N) is 1. The first-order valence-electron chi connectivity index (χ1n) is 7.55. The summed E-state index contributed by atoms with van der Waals surface area (Å²) in [6.45, 7) is 8.46. The molecule has 122 valence electrons. The maximum absolute atomic E-state index is 11.9. The van der Waals surface area contributed by atoms with E-state index in [4.69, 9.17) is 16.3 Å². The van der Waals surface area contributed by atoms with E-state index in [-0.39, 0.29) is 17.9 Å². The summed E-state index contributed by atoms with van der Waals surface area (Å²) < 4.78 is 5.62. The number of halogens is 1. The second-order valence-electron chi connectivity index (χ2n) is 6.57. The van der Waals surface area contributed by atoms with Gasteiger partial charge >= 0.3 is 0 Å². The topological polar surface area (TPSA) is 38.3 Å². The van der Waals surface area contributed by atoms with Crippen molar-refractivity contribution < 1.29 is 9.53 Å². The van der Waals surface area contributed by atoms with Crippen LogP contribution in [0.4, 0.5) is 5.69 Å². The number of anilines is 1. The van der Waals surface area contributed by atoms with Crippen LogP contribution in [0.5, 0.6) is 5.75 Å². The van der Waals surface area contributed by atoms with Gasteiger partial charge in [-0.2, -0.15) is 0 Å². The normalized spacial score (nSPS) is 11.2. The van der Waals surface area contributed by atoms with Crippen molar-refractivity contribution in [1.29, 1.82) is 0 Å². The Hall–Kier alpha value is -2.00. The van der Waals surface area contributed by atoms with Gasteiger partial charge in [0.15, 0.2) is 6.61 Å². The molecular formula is C19H22ClNO2. The van der Waals surface area contributed by atoms with Gasteiger partial charge < -0.3 is 10.1 Å². The fraction of sp³-hybridized carbons (Fsp3) is 0.316. The van der Waals surface area contributed by atoms with Gasteiger partial charge in [-0.15, -0.1) is 0 Å². The van der Waals surface area contributed by atoms with Crippen LogP contribution in [0, 0.1) is 6.92 Å². The van der Waals surface area contributed by atoms with E-state index in [0.717, 1.165) is 11.3 Å². The monoisotopic (exact) mass is 331 g/mol. The fourth-order valence-electron chi connectivity index (χ4n) is 2.15. The van der Waals surface area contributed by atoms with Gasteiger partial charge in [0.25, 0.3) is 5.91 Å². The highest BCUT2D eigenvalue weighted by Gasteiger charge is 2.15. The van der Waals surface area contributed by atoms with Gasteiger partial charge in [-0.05, 0) is 53.8 Å². The van der Waals surface area contributed by atoms with Crippen molar-refractivity contribution in [3.05, 3.63) is 58.6 Å². The minimum atomic E-state index is -0.202. The Balaban J connectivity index is 1.95. The summed E-state index contributed by atoms with van der Waals surface area (Å²) in [4.78, 5) is 11.9. The number of aryl methyl sites for hydroxylation is 1. The number of amides is 1. The standard InChI is InChI=1S/C19H22ClNO2/c1-13-11-14(19(2,3)4)5-10-17(13)23-12-18(22)21-16-8-6-15(20)7-9-16/h5-11H,12H2,1-4H3,(H,21,22). The van der Waals surface area contributed by atoms with Gasteiger partial charge in [0, 0.05) is 10.7 Å². The summed E-state index contributed by atoms with van der Waals surface area (Å²) in [6, 6.07) is 13.0. The smallest absolute Gasteiger partial charge is 0.262 e. The molecule has 0 aliphatic heterocycles. The van der Waals surface area contributed by atoms with Gasteiger partial charge in [-0.1, -0.05) is 44.5 Å². The highest BCUT2D eigenvalue weighted by Crippen LogP contribution is 2.27. The zero-order chi connectivity index (χ0) is 17.0. The van der Waals surface area contributed by atoms with Crippen molar-refractivity contribution in [2.75, 3.05) is 11.9 Å². The van der Waals surface area contributed by atoms with Crippen molar-refractivity contribution in [2.45, 2.75) is 33.1 Å². The summed E-state index contributed by atoms with van der Waals surface area (Å²) in [5, 5.41) is 3.41. The molecule has 0 heterocycles. The molecule has 0 bridgehead atoms. The number of hydrogen-bond donors (Lipinski definition) is 1. The lowest BCUT2D eigenvalue weighted by Crippen LogP contribution is -2.20. The quantitative estimate of drug-likeness (QED) is 0.859. The van der Waals surface area contributed by atoms with Crippen LogP contribution in [0.25, 0.3) is 0 Å². The molecular weight excluding hydrogens is 310 g/mol. The zero-order valence-corrected chi connectivity index (χ0v) is 14.7. The van der Waals surface area contributed by atoms with E-state index in [0.29, 0.717) is 10.7 Å². The molecule has 0 aliphatic rings. The largest absolute Gasteiger partial charge is 0.483 e. The average molecular weight is 332 g/mol. The summed E-state index contributed by atoms with van der Waals surface area (Å²) in [5.74, 6) is 0.524. The van der Waals surface area contributed by atoms with Crippen molar-refractivity contribution in [3.63, 3.8) is 0 Å². The van der Waals surface area contributed by atoms with E-state index in [1.165, 1.54) is 5.56 Å². The Morgan fingerprint density at radius 1 is 1.13 bits per heavy atom. The summed E-state index contributed by atoms with van der Waals surface area (Å²) in [6.07, 6.45) is 0. The lowest BCUT2D eigenvalue weighted by atomic mass is 9.86. The molecule has 0 spiro atoms. The molecule has 0 aromatic heterocycles. The first-order chi connectivity index (χ1) is 10.8. The lowest BCUT2D eigenvalue weighted by molar-refractivity contribution is -0.118. The first-order valence-corrected chi connectivity index (χ1v) is 7.93. The third-order valence-corrected chi connectivity index (χ3v) is 3.78. The number of ether oxygens (including phenoxy) is 1. The van der Waals surface area contributed by atoms with E-state index >= 15 is 0 Å². The third kappa shape index (κ3) is 5.00. The van der Waals surface area contributed by atoms with Crippen molar-refractivity contribution >= 4 is 23.2 Å². The van der Waals surface area contributed by atoms with E-state index in [9.17, 15) is 4.79 Å². The highest BCUT2D eigenvalue weighted by molar-refractivity contribution is 6.30. The highest BCUT2D eigenvalue weighted by atomic mass is 35.5. The van der Waals surface area contributed by atoms with Crippen LogP contribution in [-0.4, -0.2) is 12.5 Å². The first kappa shape index (κ1) is 17.4. The Kier molecular flexibility index (Phi) is 5.32. The Bertz CT molecular complexity index is 688. The maximum Gasteiger partial charge on any atom is 0.262 e. The molecule has 0 radical (unpaired) electrons. The van der Waals surface area contributed by atoms with Crippen LogP contribution < -0.4 is 10.1 Å². The SMILES string of the molecule is Cc1cc(C(C)(C)C)ccc1OCC(=O)Nc1ccc(Cl)cc1. The summed E-state index contributed by atoms with van der Waals surface area (Å²) >= 11 is 5.81. The molecule has 2 aromatic rings. The molecule has 1 amide bonds. The number of carbonyl (C=O) groups is 1. The van der Waals surface area contributed by atoms with Crippen LogP contribution in [0.15, 0.2) is 42.5 Å². The summed E-state index contributed by atoms with van der Waals surface area (Å²) in [5.41, 5.74) is 3.06. The second-order valence-corrected chi connectivity index (χ2v) is 7.01. The molecule has 3 nitrogen and oxygen atoms in total. The van der Waals surface area contributed by atoms with Gasteiger partial charge in [-0.25, -0.2) is 0 Å². The zero-order valence-electron chi connectivity index (χ0n) is 13.9. The van der Waals surface area contributed by atoms with Crippen LogP contribution >= 0.6 is 11.6 Å². The molecule has 0 fully saturated rings. The summed E-state index contributed by atoms with van der Waals surface area (Å²) in [7, 11) is 0. The minimum Gasteiger partial charge on any atom is -0.483 e. The molecule has 1 N–H and O–H groups in total. The average Bonchev–Trinajstić information content (AvgIpc) is 2.47. The van der Waals surface area contributed by atoms with Crippen LogP contribution in [0.1, 0.15) is 31.9 Å². The van der Waals surface area contributed by atoms with Gasteiger partial charge in [0.2, 0.25) is 0 Å². The maximum atomic E-state index is 11.9. The van der Waals surface area contributed by atoms with Gasteiger partial charge in [0.1, 0.15) is 5.75 Å². The molecule has 4 heteroatoms. The van der Waals surface area contributed by atoms with E-state index in [1.807, 2.05) is 19.1 Å². The molecule has 2 rings (SSSR count). The number of hydrogen-bond acceptors (Lipinski definition) is 2. The van der Waals surface area contributed by atoms with Gasteiger partial charge in [0.05, 0.1) is 0 Å². The Labute approximate surface area is 142 Å². The molecule has 0 aliphatic carbocycles. The van der Waals surface area contributed by atoms with Crippen LogP contribution in [0.3, 0.4) is 0 Å². The Morgan fingerprint density at radius 2 is 1.78 bits per heavy atom.